The molecule has 2 rings (SSSR count). The molecule has 1 aromatic heterocycles. The third kappa shape index (κ3) is 4.05. The maximum atomic E-state index is 12.2. The topological polar surface area (TPSA) is 90.1 Å². The zero-order valence-electron chi connectivity index (χ0n) is 13.4. The van der Waals surface area contributed by atoms with E-state index in [1.54, 1.807) is 0 Å². The molecule has 1 aromatic rings. The first-order valence-electron chi connectivity index (χ1n) is 7.73. The number of hydrogen-bond acceptors (Lipinski definition) is 4. The predicted octanol–water partition coefficient (Wildman–Crippen LogP) is 2.51. The lowest BCUT2D eigenvalue weighted by Crippen LogP contribution is -2.47. The molecule has 1 saturated carbocycles. The molecule has 0 aliphatic heterocycles. The van der Waals surface area contributed by atoms with Crippen LogP contribution in [0, 0.1) is 21.4 Å². The van der Waals surface area contributed by atoms with Crippen LogP contribution in [-0.4, -0.2) is 26.7 Å². The average Bonchev–Trinajstić information content (AvgIpc) is 2.86. The van der Waals surface area contributed by atoms with Crippen LogP contribution in [0.3, 0.4) is 0 Å². The van der Waals surface area contributed by atoms with E-state index in [1.165, 1.54) is 17.3 Å². The van der Waals surface area contributed by atoms with Crippen molar-refractivity contribution in [3.05, 3.63) is 22.5 Å². The highest BCUT2D eigenvalue weighted by Crippen LogP contribution is 2.37. The molecule has 1 aliphatic carbocycles. The molecule has 122 valence electrons. The van der Waals surface area contributed by atoms with Crippen LogP contribution in [-0.2, 0) is 11.3 Å². The van der Waals surface area contributed by atoms with E-state index < -0.39 is 4.92 Å². The van der Waals surface area contributed by atoms with E-state index in [0.29, 0.717) is 5.92 Å². The summed E-state index contributed by atoms with van der Waals surface area (Å²) in [6.07, 6.45) is 6.90. The van der Waals surface area contributed by atoms with Gasteiger partial charge in [-0.25, -0.2) is 0 Å². The minimum Gasteiger partial charge on any atom is -0.351 e. The third-order valence-electron chi connectivity index (χ3n) is 4.36. The van der Waals surface area contributed by atoms with Crippen molar-refractivity contribution in [3.8, 4) is 0 Å². The Morgan fingerprint density at radius 3 is 2.73 bits per heavy atom. The number of carbonyl (C=O) groups excluding carboxylic acids is 1. The van der Waals surface area contributed by atoms with Gasteiger partial charge in [0, 0.05) is 6.04 Å². The van der Waals surface area contributed by atoms with Crippen LogP contribution in [0.1, 0.15) is 46.5 Å². The number of nitro groups is 1. The lowest BCUT2D eigenvalue weighted by molar-refractivity contribution is -0.385. The Labute approximate surface area is 130 Å². The molecule has 0 unspecified atom stereocenters. The first-order valence-corrected chi connectivity index (χ1v) is 7.73. The van der Waals surface area contributed by atoms with Crippen LogP contribution in [0.5, 0.6) is 0 Å². The van der Waals surface area contributed by atoms with E-state index >= 15 is 0 Å². The van der Waals surface area contributed by atoms with Gasteiger partial charge < -0.3 is 5.32 Å². The Hall–Kier alpha value is -1.92. The number of nitrogens with zero attached hydrogens (tertiary/aromatic N) is 3. The summed E-state index contributed by atoms with van der Waals surface area (Å²) in [6.45, 7) is 6.64. The van der Waals surface area contributed by atoms with Gasteiger partial charge in [0.25, 0.3) is 0 Å². The monoisotopic (exact) mass is 308 g/mol. The van der Waals surface area contributed by atoms with Crippen LogP contribution in [0.4, 0.5) is 5.69 Å². The number of carbonyl (C=O) groups is 1. The predicted molar refractivity (Wildman–Crippen MR) is 82.2 cm³/mol. The first kappa shape index (κ1) is 16.5. The molecule has 1 fully saturated rings. The lowest BCUT2D eigenvalue weighted by atomic mass is 9.69. The maximum absolute atomic E-state index is 12.2. The van der Waals surface area contributed by atoms with Crippen LogP contribution in [0.2, 0.25) is 0 Å². The minimum absolute atomic E-state index is 0.0151. The number of hydrogen-bond donors (Lipinski definition) is 1. The summed E-state index contributed by atoms with van der Waals surface area (Å²) in [5.41, 5.74) is 0.0566. The molecule has 1 N–H and O–H groups in total. The summed E-state index contributed by atoms with van der Waals surface area (Å²) in [7, 11) is 0. The van der Waals surface area contributed by atoms with Crippen molar-refractivity contribution >= 4 is 11.6 Å². The number of rotatable bonds is 4. The molecule has 22 heavy (non-hydrogen) atoms. The van der Waals surface area contributed by atoms with Gasteiger partial charge in [-0.3, -0.25) is 19.6 Å². The Morgan fingerprint density at radius 2 is 2.14 bits per heavy atom. The molecular weight excluding hydrogens is 284 g/mol. The molecule has 0 spiro atoms. The lowest BCUT2D eigenvalue weighted by Gasteiger charge is -2.40. The molecular formula is C15H24N4O3. The molecule has 1 amide bonds. The summed E-state index contributed by atoms with van der Waals surface area (Å²) < 4.78 is 1.31. The van der Waals surface area contributed by atoms with Gasteiger partial charge in [-0.15, -0.1) is 0 Å². The molecule has 0 bridgehead atoms. The van der Waals surface area contributed by atoms with Crippen molar-refractivity contribution in [3.63, 3.8) is 0 Å². The summed E-state index contributed by atoms with van der Waals surface area (Å²) in [6, 6.07) is 0.173. The zero-order chi connectivity index (χ0) is 16.3. The van der Waals surface area contributed by atoms with Crippen LogP contribution in [0.15, 0.2) is 12.4 Å². The van der Waals surface area contributed by atoms with Gasteiger partial charge in [0.2, 0.25) is 5.91 Å². The number of nitrogens with one attached hydrogen (secondary N) is 1. The highest BCUT2D eigenvalue weighted by Gasteiger charge is 2.34. The van der Waals surface area contributed by atoms with Gasteiger partial charge in [0.1, 0.15) is 18.9 Å². The third-order valence-corrected chi connectivity index (χ3v) is 4.36. The quantitative estimate of drug-likeness (QED) is 0.683. The molecule has 0 aromatic carbocycles. The van der Waals surface area contributed by atoms with Crippen molar-refractivity contribution in [2.24, 2.45) is 11.3 Å². The molecule has 2 atom stereocenters. The molecule has 1 aliphatic rings. The van der Waals surface area contributed by atoms with E-state index in [4.69, 9.17) is 0 Å². The average molecular weight is 308 g/mol. The van der Waals surface area contributed by atoms with Gasteiger partial charge in [-0.1, -0.05) is 33.6 Å². The maximum Gasteiger partial charge on any atom is 0.307 e. The van der Waals surface area contributed by atoms with E-state index in [9.17, 15) is 14.9 Å². The van der Waals surface area contributed by atoms with Crippen LogP contribution in [0.25, 0.3) is 0 Å². The summed E-state index contributed by atoms with van der Waals surface area (Å²) in [5.74, 6) is 0.316. The van der Waals surface area contributed by atoms with Gasteiger partial charge in [-0.2, -0.15) is 5.10 Å². The highest BCUT2D eigenvalue weighted by atomic mass is 16.6. The van der Waals surface area contributed by atoms with E-state index in [0.717, 1.165) is 25.5 Å². The second kappa shape index (κ2) is 6.46. The summed E-state index contributed by atoms with van der Waals surface area (Å²) in [5, 5.41) is 17.6. The molecule has 7 nitrogen and oxygen atoms in total. The van der Waals surface area contributed by atoms with Gasteiger partial charge in [-0.05, 0) is 24.2 Å². The first-order chi connectivity index (χ1) is 10.3. The molecule has 7 heteroatoms. The number of aromatic nitrogens is 2. The fourth-order valence-electron chi connectivity index (χ4n) is 3.27. The largest absolute Gasteiger partial charge is 0.351 e. The minimum atomic E-state index is -0.516. The Kier molecular flexibility index (Phi) is 4.83. The second-order valence-corrected chi connectivity index (χ2v) is 7.08. The number of amides is 1. The van der Waals surface area contributed by atoms with Crippen molar-refractivity contribution in [2.75, 3.05) is 0 Å². The Balaban J connectivity index is 1.96. The van der Waals surface area contributed by atoms with Gasteiger partial charge in [0.05, 0.1) is 4.92 Å². The fourth-order valence-corrected chi connectivity index (χ4v) is 3.27. The van der Waals surface area contributed by atoms with E-state index in [-0.39, 0.29) is 29.6 Å². The SMILES string of the molecule is CC(C)(C)[C@@H]1CCCC[C@@H]1NC(=O)Cn1cc([N+](=O)[O-])cn1. The molecule has 0 saturated heterocycles. The Morgan fingerprint density at radius 1 is 1.45 bits per heavy atom. The van der Waals surface area contributed by atoms with Crippen LogP contribution < -0.4 is 5.32 Å². The molecule has 0 radical (unpaired) electrons. The smallest absolute Gasteiger partial charge is 0.307 e. The fraction of sp³-hybridized carbons (Fsp3) is 0.733. The standard InChI is InChI=1S/C15H24N4O3/c1-15(2,3)12-6-4-5-7-13(12)17-14(20)10-18-9-11(8-16-18)19(21)22/h8-9,12-13H,4-7,10H2,1-3H3,(H,17,20)/t12-,13+/m1/s1. The van der Waals surface area contributed by atoms with E-state index in [2.05, 4.69) is 31.2 Å². The second-order valence-electron chi connectivity index (χ2n) is 7.08. The zero-order valence-corrected chi connectivity index (χ0v) is 13.4. The van der Waals surface area contributed by atoms with Crippen molar-refractivity contribution in [1.29, 1.82) is 0 Å². The van der Waals surface area contributed by atoms with Crippen molar-refractivity contribution < 1.29 is 9.72 Å². The van der Waals surface area contributed by atoms with Gasteiger partial charge >= 0.3 is 5.69 Å². The van der Waals surface area contributed by atoms with Gasteiger partial charge in [0.15, 0.2) is 0 Å². The normalized spacial score (nSPS) is 22.3. The van der Waals surface area contributed by atoms with Crippen molar-refractivity contribution in [1.82, 2.24) is 15.1 Å². The Bertz CT molecular complexity index is 547. The van der Waals surface area contributed by atoms with Crippen LogP contribution >= 0.6 is 0 Å². The van der Waals surface area contributed by atoms with E-state index in [1.807, 2.05) is 0 Å². The summed E-state index contributed by atoms with van der Waals surface area (Å²) >= 11 is 0. The summed E-state index contributed by atoms with van der Waals surface area (Å²) in [4.78, 5) is 22.3. The molecule has 1 heterocycles. The highest BCUT2D eigenvalue weighted by molar-refractivity contribution is 5.76. The van der Waals surface area contributed by atoms with Crippen molar-refractivity contribution in [2.45, 2.75) is 59.0 Å².